The number of rotatable bonds is 2. The van der Waals surface area contributed by atoms with Crippen molar-refractivity contribution in [1.29, 1.82) is 0 Å². The Labute approximate surface area is 121 Å². The predicted octanol–water partition coefficient (Wildman–Crippen LogP) is 2.89. The average Bonchev–Trinajstić information content (AvgIpc) is 2.88. The van der Waals surface area contributed by atoms with E-state index in [1.54, 1.807) is 13.1 Å². The molecule has 5 heteroatoms. The molecule has 0 amide bonds. The number of H-pyrrole nitrogens is 2. The van der Waals surface area contributed by atoms with Crippen LogP contribution in [0.5, 0.6) is 0 Å². The number of imidazole rings is 1. The van der Waals surface area contributed by atoms with Crippen LogP contribution in [0.1, 0.15) is 27.9 Å². The fourth-order valence-electron chi connectivity index (χ4n) is 2.30. The van der Waals surface area contributed by atoms with Gasteiger partial charge in [-0.1, -0.05) is 12.1 Å². The SMILES string of the molecule is Cc1c[nH]c(C(S)c2nc3ccccc3[nH]2)c(C)c1=O. The standard InChI is InChI=1S/C15H15N3OS/c1-8-7-16-12(9(2)13(8)19)14(20)15-17-10-5-3-4-6-11(10)18-15/h3-7,14,20H,1-2H3,(H,16,19)(H,17,18). The molecule has 0 aliphatic carbocycles. The van der Waals surface area contributed by atoms with Crippen molar-refractivity contribution in [1.82, 2.24) is 15.0 Å². The Kier molecular flexibility index (Phi) is 3.14. The number of fused-ring (bicyclic) bond motifs is 1. The number of nitrogens with one attached hydrogen (secondary N) is 2. The van der Waals surface area contributed by atoms with Crippen molar-refractivity contribution >= 4 is 23.7 Å². The Morgan fingerprint density at radius 2 is 2.00 bits per heavy atom. The molecule has 0 radical (unpaired) electrons. The van der Waals surface area contributed by atoms with E-state index in [4.69, 9.17) is 0 Å². The summed E-state index contributed by atoms with van der Waals surface area (Å²) in [4.78, 5) is 22.9. The van der Waals surface area contributed by atoms with Crippen molar-refractivity contribution in [3.05, 3.63) is 63.3 Å². The van der Waals surface area contributed by atoms with Gasteiger partial charge in [-0.15, -0.1) is 0 Å². The summed E-state index contributed by atoms with van der Waals surface area (Å²) in [6.45, 7) is 3.61. The fraction of sp³-hybridized carbons (Fsp3) is 0.200. The molecule has 3 rings (SSSR count). The summed E-state index contributed by atoms with van der Waals surface area (Å²) in [6.07, 6.45) is 1.72. The van der Waals surface area contributed by atoms with Crippen LogP contribution in [0, 0.1) is 13.8 Å². The van der Waals surface area contributed by atoms with Crippen LogP contribution in [-0.2, 0) is 0 Å². The summed E-state index contributed by atoms with van der Waals surface area (Å²) in [7, 11) is 0. The van der Waals surface area contributed by atoms with Gasteiger partial charge in [-0.2, -0.15) is 12.6 Å². The Morgan fingerprint density at radius 1 is 1.25 bits per heavy atom. The van der Waals surface area contributed by atoms with Gasteiger partial charge in [-0.25, -0.2) is 4.98 Å². The third-order valence-corrected chi connectivity index (χ3v) is 3.99. The van der Waals surface area contributed by atoms with Crippen LogP contribution in [0.3, 0.4) is 0 Å². The lowest BCUT2D eigenvalue weighted by Gasteiger charge is -2.11. The highest BCUT2D eigenvalue weighted by Crippen LogP contribution is 2.27. The number of hydrogen-bond donors (Lipinski definition) is 3. The van der Waals surface area contributed by atoms with Gasteiger partial charge in [0.25, 0.3) is 0 Å². The molecule has 1 unspecified atom stereocenters. The second-order valence-electron chi connectivity index (χ2n) is 4.88. The van der Waals surface area contributed by atoms with Crippen LogP contribution < -0.4 is 5.43 Å². The first kappa shape index (κ1) is 13.0. The van der Waals surface area contributed by atoms with Crippen LogP contribution in [0.2, 0.25) is 0 Å². The quantitative estimate of drug-likeness (QED) is 0.634. The van der Waals surface area contributed by atoms with Crippen LogP contribution in [0.4, 0.5) is 0 Å². The molecule has 0 aliphatic rings. The van der Waals surface area contributed by atoms with Crippen molar-refractivity contribution in [2.75, 3.05) is 0 Å². The summed E-state index contributed by atoms with van der Waals surface area (Å²) >= 11 is 4.61. The summed E-state index contributed by atoms with van der Waals surface area (Å²) in [5.41, 5.74) is 4.08. The van der Waals surface area contributed by atoms with E-state index in [-0.39, 0.29) is 10.7 Å². The molecule has 2 heterocycles. The first-order valence-electron chi connectivity index (χ1n) is 6.39. The van der Waals surface area contributed by atoms with Crippen LogP contribution in [-0.4, -0.2) is 15.0 Å². The van der Waals surface area contributed by atoms with Crippen molar-refractivity contribution in [2.24, 2.45) is 0 Å². The molecule has 3 aromatic rings. The van der Waals surface area contributed by atoms with Gasteiger partial charge in [0, 0.05) is 23.0 Å². The third kappa shape index (κ3) is 2.04. The zero-order valence-electron chi connectivity index (χ0n) is 11.3. The molecule has 2 N–H and O–H groups in total. The van der Waals surface area contributed by atoms with E-state index in [0.717, 1.165) is 22.6 Å². The number of aryl methyl sites for hydroxylation is 1. The van der Waals surface area contributed by atoms with E-state index < -0.39 is 0 Å². The van der Waals surface area contributed by atoms with E-state index in [1.807, 2.05) is 31.2 Å². The largest absolute Gasteiger partial charge is 0.363 e. The number of hydrogen-bond acceptors (Lipinski definition) is 3. The van der Waals surface area contributed by atoms with Gasteiger partial charge in [0.2, 0.25) is 0 Å². The molecule has 1 atom stereocenters. The second kappa shape index (κ2) is 4.83. The molecule has 0 saturated heterocycles. The van der Waals surface area contributed by atoms with E-state index in [2.05, 4.69) is 27.6 Å². The second-order valence-corrected chi connectivity index (χ2v) is 5.40. The highest BCUT2D eigenvalue weighted by molar-refractivity contribution is 7.80. The zero-order valence-corrected chi connectivity index (χ0v) is 12.2. The van der Waals surface area contributed by atoms with Gasteiger partial charge in [0.15, 0.2) is 5.43 Å². The van der Waals surface area contributed by atoms with Gasteiger partial charge in [0.1, 0.15) is 11.1 Å². The van der Waals surface area contributed by atoms with E-state index in [0.29, 0.717) is 11.1 Å². The first-order valence-corrected chi connectivity index (χ1v) is 6.91. The van der Waals surface area contributed by atoms with Crippen molar-refractivity contribution in [2.45, 2.75) is 19.1 Å². The number of aromatic amines is 2. The van der Waals surface area contributed by atoms with Crippen molar-refractivity contribution < 1.29 is 0 Å². The number of pyridine rings is 1. The van der Waals surface area contributed by atoms with Gasteiger partial charge >= 0.3 is 0 Å². The van der Waals surface area contributed by atoms with E-state index >= 15 is 0 Å². The maximum absolute atomic E-state index is 12.0. The lowest BCUT2D eigenvalue weighted by Crippen LogP contribution is -2.15. The minimum atomic E-state index is -0.282. The number of aromatic nitrogens is 3. The highest BCUT2D eigenvalue weighted by Gasteiger charge is 2.18. The summed E-state index contributed by atoms with van der Waals surface area (Å²) in [5.74, 6) is 0.733. The van der Waals surface area contributed by atoms with Gasteiger partial charge < -0.3 is 9.97 Å². The van der Waals surface area contributed by atoms with Crippen molar-refractivity contribution in [3.63, 3.8) is 0 Å². The molecule has 0 fully saturated rings. The zero-order chi connectivity index (χ0) is 14.3. The average molecular weight is 285 g/mol. The Bertz CT molecular complexity index is 801. The maximum atomic E-state index is 12.0. The van der Waals surface area contributed by atoms with Crippen LogP contribution in [0.25, 0.3) is 11.0 Å². The molecule has 0 saturated carbocycles. The molecule has 102 valence electrons. The summed E-state index contributed by atoms with van der Waals surface area (Å²) < 4.78 is 0. The van der Waals surface area contributed by atoms with Gasteiger partial charge in [0.05, 0.1) is 11.0 Å². The topological polar surface area (TPSA) is 61.5 Å². The lowest BCUT2D eigenvalue weighted by molar-refractivity contribution is 0.940. The van der Waals surface area contributed by atoms with Gasteiger partial charge in [-0.3, -0.25) is 4.79 Å². The van der Waals surface area contributed by atoms with E-state index in [1.165, 1.54) is 0 Å². The summed E-state index contributed by atoms with van der Waals surface area (Å²) in [6, 6.07) is 7.81. The fourth-order valence-corrected chi connectivity index (χ4v) is 2.69. The Hall–Kier alpha value is -2.01. The molecule has 0 bridgehead atoms. The molecule has 0 spiro atoms. The lowest BCUT2D eigenvalue weighted by atomic mass is 10.1. The number of benzene rings is 1. The van der Waals surface area contributed by atoms with E-state index in [9.17, 15) is 4.79 Å². The molecular weight excluding hydrogens is 270 g/mol. The predicted molar refractivity (Wildman–Crippen MR) is 83.5 cm³/mol. The minimum absolute atomic E-state index is 0.0499. The molecule has 2 aromatic heterocycles. The molecular formula is C15H15N3OS. The first-order chi connectivity index (χ1) is 9.58. The number of nitrogens with zero attached hydrogens (tertiary/aromatic N) is 1. The molecule has 0 aliphatic heterocycles. The van der Waals surface area contributed by atoms with Gasteiger partial charge in [-0.05, 0) is 26.0 Å². The highest BCUT2D eigenvalue weighted by atomic mass is 32.1. The third-order valence-electron chi connectivity index (χ3n) is 3.49. The monoisotopic (exact) mass is 285 g/mol. The van der Waals surface area contributed by atoms with Crippen molar-refractivity contribution in [3.8, 4) is 0 Å². The smallest absolute Gasteiger partial charge is 0.187 e. The molecule has 4 nitrogen and oxygen atoms in total. The maximum Gasteiger partial charge on any atom is 0.187 e. The van der Waals surface area contributed by atoms with Crippen LogP contribution in [0.15, 0.2) is 35.3 Å². The van der Waals surface area contributed by atoms with Crippen LogP contribution >= 0.6 is 12.6 Å². The number of thiol groups is 1. The number of para-hydroxylation sites is 2. The summed E-state index contributed by atoms with van der Waals surface area (Å²) in [5, 5.41) is -0.282. The normalized spacial score (nSPS) is 12.8. The Morgan fingerprint density at radius 3 is 2.75 bits per heavy atom. The minimum Gasteiger partial charge on any atom is -0.363 e. The Balaban J connectivity index is 2.10. The molecule has 20 heavy (non-hydrogen) atoms. The molecule has 1 aromatic carbocycles.